The Morgan fingerprint density at radius 3 is 1.05 bits per heavy atom. The van der Waals surface area contributed by atoms with E-state index in [2.05, 4.69) is 165 Å². The predicted octanol–water partition coefficient (Wildman–Crippen LogP) is 9.17. The molecule has 0 unspecified atom stereocenters. The second kappa shape index (κ2) is 19.5. The number of para-hydroxylation sites is 4. The average Bonchev–Trinajstić information content (AvgIpc) is 3.47. The Morgan fingerprint density at radius 2 is 0.676 bits per heavy atom. The summed E-state index contributed by atoms with van der Waals surface area (Å²) in [4.78, 5) is 11.4. The van der Waals surface area contributed by atoms with Gasteiger partial charge in [-0.15, -0.1) is 0 Å². The molecule has 370 valence electrons. The fourth-order valence-electron chi connectivity index (χ4n) is 15.7. The zero-order valence-corrected chi connectivity index (χ0v) is 46.5. The molecule has 15 rings (SSSR count). The third-order valence-electron chi connectivity index (χ3n) is 18.9. The van der Waals surface area contributed by atoms with E-state index in [9.17, 15) is 0 Å². The first-order valence-corrected chi connectivity index (χ1v) is 32.5. The number of anilines is 8. The van der Waals surface area contributed by atoms with Crippen LogP contribution in [-0.4, -0.2) is 67.5 Å². The van der Waals surface area contributed by atoms with E-state index in [0.717, 1.165) is 0 Å². The molecular formula is C66H68B2N4Se2. The molecule has 4 aliphatic heterocycles. The SMILES string of the molecule is c1ccc(N2c3ccccc3B3c4cc5c(cc4[Se]c4cc(N(C6CCCCC6)C6CCCCC6)cc2c43)[Se]c2cc(N(C3CCCCC3)C3CCCCC3)cc3c2B5c2ccccc2N3c2ccccc2)cc1. The molecule has 0 amide bonds. The summed E-state index contributed by atoms with van der Waals surface area (Å²) in [7, 11) is 0. The molecule has 74 heavy (non-hydrogen) atoms. The van der Waals surface area contributed by atoms with Crippen molar-refractivity contribution in [2.24, 2.45) is 0 Å². The summed E-state index contributed by atoms with van der Waals surface area (Å²) < 4.78 is 6.45. The number of hydrogen-bond acceptors (Lipinski definition) is 4. The minimum absolute atomic E-state index is 0.150. The maximum atomic E-state index is 3.02. The van der Waals surface area contributed by atoms with Gasteiger partial charge >= 0.3 is 457 Å². The van der Waals surface area contributed by atoms with E-state index in [1.54, 1.807) is 39.7 Å². The van der Waals surface area contributed by atoms with E-state index in [0.29, 0.717) is 24.2 Å². The van der Waals surface area contributed by atoms with Crippen molar-refractivity contribution in [1.82, 2.24) is 0 Å². The Hall–Kier alpha value is -5.09. The van der Waals surface area contributed by atoms with E-state index < -0.39 is 0 Å². The van der Waals surface area contributed by atoms with Gasteiger partial charge in [-0.25, -0.2) is 0 Å². The molecule has 7 aromatic rings. The molecule has 0 bridgehead atoms. The summed E-state index contributed by atoms with van der Waals surface area (Å²) in [5.74, 6) is 0. The predicted molar refractivity (Wildman–Crippen MR) is 320 cm³/mol. The molecule has 8 aliphatic rings. The van der Waals surface area contributed by atoms with Crippen molar-refractivity contribution in [3.8, 4) is 0 Å². The van der Waals surface area contributed by atoms with Crippen LogP contribution in [0, 0.1) is 0 Å². The van der Waals surface area contributed by atoms with E-state index in [4.69, 9.17) is 0 Å². The van der Waals surface area contributed by atoms with Crippen molar-refractivity contribution in [2.75, 3.05) is 19.6 Å². The molecule has 0 N–H and O–H groups in total. The van der Waals surface area contributed by atoms with Gasteiger partial charge in [-0.2, -0.15) is 0 Å². The zero-order valence-electron chi connectivity index (χ0n) is 43.1. The zero-order chi connectivity index (χ0) is 48.7. The maximum absolute atomic E-state index is 3.02. The second-order valence-electron chi connectivity index (χ2n) is 23.2. The van der Waals surface area contributed by atoms with E-state index in [1.807, 2.05) is 0 Å². The Morgan fingerprint density at radius 1 is 0.324 bits per heavy atom. The molecule has 0 aromatic heterocycles. The average molecular weight is 1100 g/mol. The molecule has 0 saturated heterocycles. The van der Waals surface area contributed by atoms with Crippen molar-refractivity contribution in [2.45, 2.75) is 153 Å². The second-order valence-corrected chi connectivity index (χ2v) is 27.7. The first kappa shape index (κ1) is 46.2. The normalized spacial score (nSPS) is 19.5. The van der Waals surface area contributed by atoms with Crippen LogP contribution in [-0.2, 0) is 0 Å². The third kappa shape index (κ3) is 7.81. The van der Waals surface area contributed by atoms with Gasteiger partial charge in [0.25, 0.3) is 0 Å². The fraction of sp³-hybridized carbons (Fsp3) is 0.364. The molecule has 7 aromatic carbocycles. The first-order valence-electron chi connectivity index (χ1n) is 29.1. The van der Waals surface area contributed by atoms with Gasteiger partial charge in [0, 0.05) is 0 Å². The van der Waals surface area contributed by atoms with Gasteiger partial charge in [0.05, 0.1) is 0 Å². The standard InChI is InChI=1S/C66H68B2N4Se2/c1-7-23-45(24-8-1)69(46-25-9-2-10-26-46)51-39-59-65-63(41-51)73-61-44-62-56(43-55(61)67(65)53-35-19-21-37-57(53)71(59)49-31-15-5-16-32-49)68-54-36-20-22-38-58(54)72(50-33-17-6-18-34-50)60-40-52(42-64(74-62)66(60)68)70(47-27-11-3-12-28-47)48-29-13-4-14-30-48/h5-6,15-22,31-48H,1-4,7-14,23-30H2. The Labute approximate surface area is 454 Å². The molecule has 0 spiro atoms. The van der Waals surface area contributed by atoms with Gasteiger partial charge in [-0.05, 0) is 0 Å². The molecule has 0 atom stereocenters. The number of rotatable bonds is 8. The summed E-state index contributed by atoms with van der Waals surface area (Å²) in [6.07, 6.45) is 27.1. The van der Waals surface area contributed by atoms with Crippen molar-refractivity contribution in [3.05, 3.63) is 146 Å². The molecule has 8 heteroatoms. The molecule has 4 saturated carbocycles. The van der Waals surface area contributed by atoms with Crippen LogP contribution in [0.5, 0.6) is 0 Å². The van der Waals surface area contributed by atoms with Gasteiger partial charge in [-0.1, -0.05) is 0 Å². The van der Waals surface area contributed by atoms with Gasteiger partial charge in [0.2, 0.25) is 0 Å². The summed E-state index contributed by atoms with van der Waals surface area (Å²) >= 11 is 0.300. The summed E-state index contributed by atoms with van der Waals surface area (Å²) in [6.45, 7) is 0.350. The van der Waals surface area contributed by atoms with Gasteiger partial charge < -0.3 is 0 Å². The Bertz CT molecular complexity index is 2980. The number of hydrogen-bond donors (Lipinski definition) is 0. The van der Waals surface area contributed by atoms with E-state index >= 15 is 0 Å². The third-order valence-corrected chi connectivity index (χ3v) is 23.7. The molecule has 0 radical (unpaired) electrons. The van der Waals surface area contributed by atoms with Crippen LogP contribution >= 0.6 is 0 Å². The molecule has 4 aliphatic carbocycles. The van der Waals surface area contributed by atoms with Crippen LogP contribution in [0.3, 0.4) is 0 Å². The fourth-order valence-corrected chi connectivity index (χ4v) is 21.2. The summed E-state index contributed by atoms with van der Waals surface area (Å²) in [5.41, 5.74) is 20.2. The van der Waals surface area contributed by atoms with Crippen LogP contribution in [0.15, 0.2) is 146 Å². The van der Waals surface area contributed by atoms with Gasteiger partial charge in [0.1, 0.15) is 0 Å². The number of nitrogens with zero attached hydrogens (tertiary/aromatic N) is 4. The molecule has 4 heterocycles. The van der Waals surface area contributed by atoms with Crippen LogP contribution in [0.1, 0.15) is 128 Å². The van der Waals surface area contributed by atoms with Crippen molar-refractivity contribution < 1.29 is 0 Å². The Balaban J connectivity index is 0.935. The molecule has 4 nitrogen and oxygen atoms in total. The number of fused-ring (bicyclic) bond motifs is 8. The summed E-state index contributed by atoms with van der Waals surface area (Å²) in [5, 5.41) is 0. The van der Waals surface area contributed by atoms with Gasteiger partial charge in [0.15, 0.2) is 0 Å². The minimum atomic E-state index is 0.150. The van der Waals surface area contributed by atoms with Crippen LogP contribution in [0.25, 0.3) is 0 Å². The van der Waals surface area contributed by atoms with Crippen molar-refractivity contribution >= 4 is 139 Å². The molecular weight excluding hydrogens is 1030 g/mol. The monoisotopic (exact) mass is 1100 g/mol. The molecule has 4 fully saturated rings. The quantitative estimate of drug-likeness (QED) is 0.141. The van der Waals surface area contributed by atoms with Gasteiger partial charge in [-0.3, -0.25) is 0 Å². The van der Waals surface area contributed by atoms with E-state index in [-0.39, 0.29) is 43.3 Å². The van der Waals surface area contributed by atoms with Crippen LogP contribution < -0.4 is 70.2 Å². The van der Waals surface area contributed by atoms with Crippen molar-refractivity contribution in [1.29, 1.82) is 0 Å². The topological polar surface area (TPSA) is 13.0 Å². The Kier molecular flexibility index (Phi) is 12.2. The van der Waals surface area contributed by atoms with Crippen molar-refractivity contribution in [3.63, 3.8) is 0 Å². The number of benzene rings is 7. The van der Waals surface area contributed by atoms with Crippen LogP contribution in [0.4, 0.5) is 45.5 Å². The van der Waals surface area contributed by atoms with Crippen LogP contribution in [0.2, 0.25) is 0 Å². The summed E-state index contributed by atoms with van der Waals surface area (Å²) in [6, 6.07) is 60.8. The first-order chi connectivity index (χ1) is 36.7. The van der Waals surface area contributed by atoms with E-state index in [1.165, 1.54) is 185 Å².